The molecule has 0 fully saturated rings. The summed E-state index contributed by atoms with van der Waals surface area (Å²) >= 11 is 0. The van der Waals surface area contributed by atoms with Gasteiger partial charge in [-0.1, -0.05) is 36.4 Å². The van der Waals surface area contributed by atoms with Crippen molar-refractivity contribution < 1.29 is 18.0 Å². The Kier molecular flexibility index (Phi) is 5.50. The first kappa shape index (κ1) is 22.6. The van der Waals surface area contributed by atoms with Crippen LogP contribution >= 0.6 is 0 Å². The van der Waals surface area contributed by atoms with Gasteiger partial charge in [0.2, 0.25) is 0 Å². The maximum atomic E-state index is 14.0. The van der Waals surface area contributed by atoms with Crippen molar-refractivity contribution in [2.24, 2.45) is 0 Å². The summed E-state index contributed by atoms with van der Waals surface area (Å²) in [7, 11) is 0. The SMILES string of the molecule is CCn1nccc1C(C)NC(=O)c1cc2nc(-c3ccc4ccccc4c3)cc(C(F)(F)F)n2n1. The Hall–Kier alpha value is -4.21. The third kappa shape index (κ3) is 4.23. The number of nitrogens with one attached hydrogen (secondary N) is 1. The molecular formula is C25H21F3N6O. The van der Waals surface area contributed by atoms with Crippen LogP contribution < -0.4 is 5.32 Å². The number of amides is 1. The van der Waals surface area contributed by atoms with E-state index in [9.17, 15) is 18.0 Å². The van der Waals surface area contributed by atoms with Gasteiger partial charge in [0.1, 0.15) is 0 Å². The summed E-state index contributed by atoms with van der Waals surface area (Å²) in [6, 6.07) is 16.5. The van der Waals surface area contributed by atoms with Crippen LogP contribution in [-0.4, -0.2) is 30.3 Å². The van der Waals surface area contributed by atoms with Crippen LogP contribution in [0.3, 0.4) is 0 Å². The first-order valence-electron chi connectivity index (χ1n) is 11.0. The number of fused-ring (bicyclic) bond motifs is 2. The molecule has 5 rings (SSSR count). The first-order chi connectivity index (χ1) is 16.7. The second-order valence-corrected chi connectivity index (χ2v) is 8.15. The van der Waals surface area contributed by atoms with Gasteiger partial charge in [-0.05, 0) is 42.8 Å². The smallest absolute Gasteiger partial charge is 0.343 e. The summed E-state index contributed by atoms with van der Waals surface area (Å²) in [6.07, 6.45) is -3.08. The highest BCUT2D eigenvalue weighted by atomic mass is 19.4. The Labute approximate surface area is 198 Å². The molecular weight excluding hydrogens is 457 g/mol. The molecule has 0 saturated carbocycles. The van der Waals surface area contributed by atoms with Crippen molar-refractivity contribution in [1.29, 1.82) is 0 Å². The second kappa shape index (κ2) is 8.53. The van der Waals surface area contributed by atoms with E-state index in [1.807, 2.05) is 37.3 Å². The number of aromatic nitrogens is 5. The number of hydrogen-bond acceptors (Lipinski definition) is 4. The quantitative estimate of drug-likeness (QED) is 0.373. The number of hydrogen-bond donors (Lipinski definition) is 1. The van der Waals surface area contributed by atoms with Crippen LogP contribution in [0, 0.1) is 0 Å². The Bertz CT molecular complexity index is 1550. The molecule has 3 aromatic heterocycles. The van der Waals surface area contributed by atoms with E-state index in [0.29, 0.717) is 16.6 Å². The largest absolute Gasteiger partial charge is 0.433 e. The minimum atomic E-state index is -4.70. The van der Waals surface area contributed by atoms with Crippen molar-refractivity contribution in [3.05, 3.63) is 83.9 Å². The minimum absolute atomic E-state index is 0.0700. The molecule has 10 heteroatoms. The fourth-order valence-electron chi connectivity index (χ4n) is 4.10. The zero-order valence-corrected chi connectivity index (χ0v) is 18.9. The molecule has 0 bridgehead atoms. The van der Waals surface area contributed by atoms with E-state index in [2.05, 4.69) is 20.5 Å². The predicted octanol–water partition coefficient (Wildman–Crippen LogP) is 5.28. The molecule has 0 aliphatic rings. The van der Waals surface area contributed by atoms with Gasteiger partial charge >= 0.3 is 6.18 Å². The molecule has 5 aromatic rings. The molecule has 0 aliphatic carbocycles. The van der Waals surface area contributed by atoms with Gasteiger partial charge in [0.25, 0.3) is 5.91 Å². The molecule has 178 valence electrons. The lowest BCUT2D eigenvalue weighted by Crippen LogP contribution is -2.28. The van der Waals surface area contributed by atoms with E-state index in [1.54, 1.807) is 36.0 Å². The minimum Gasteiger partial charge on any atom is -0.343 e. The Balaban J connectivity index is 1.54. The molecule has 0 saturated heterocycles. The highest BCUT2D eigenvalue weighted by molar-refractivity contribution is 5.93. The van der Waals surface area contributed by atoms with Gasteiger partial charge in [0, 0.05) is 24.4 Å². The van der Waals surface area contributed by atoms with Gasteiger partial charge in [-0.2, -0.15) is 23.4 Å². The summed E-state index contributed by atoms with van der Waals surface area (Å²) in [5, 5.41) is 12.7. The van der Waals surface area contributed by atoms with Crippen LogP contribution in [0.15, 0.2) is 66.9 Å². The standard InChI is InChI=1S/C25H21F3N6O/c1-3-33-21(10-11-29-33)15(2)30-24(35)20-14-23-31-19(13-22(25(26,27)28)34(23)32-20)18-9-8-16-6-4-5-7-17(16)12-18/h4-15H,3H2,1-2H3,(H,30,35). The topological polar surface area (TPSA) is 77.1 Å². The number of alkyl halides is 3. The molecule has 7 nitrogen and oxygen atoms in total. The average Bonchev–Trinajstić information content (AvgIpc) is 3.49. The van der Waals surface area contributed by atoms with E-state index in [4.69, 9.17) is 0 Å². The van der Waals surface area contributed by atoms with E-state index < -0.39 is 23.8 Å². The molecule has 1 N–H and O–H groups in total. The summed E-state index contributed by atoms with van der Waals surface area (Å²) < 4.78 is 44.3. The lowest BCUT2D eigenvalue weighted by Gasteiger charge is -2.14. The maximum absolute atomic E-state index is 14.0. The molecule has 2 aromatic carbocycles. The maximum Gasteiger partial charge on any atom is 0.433 e. The van der Waals surface area contributed by atoms with Gasteiger partial charge in [-0.3, -0.25) is 9.48 Å². The van der Waals surface area contributed by atoms with Crippen molar-refractivity contribution in [2.75, 3.05) is 0 Å². The molecule has 1 amide bonds. The lowest BCUT2D eigenvalue weighted by atomic mass is 10.0. The normalized spacial score (nSPS) is 12.8. The predicted molar refractivity (Wildman–Crippen MR) is 125 cm³/mol. The third-order valence-corrected chi connectivity index (χ3v) is 5.84. The highest BCUT2D eigenvalue weighted by Gasteiger charge is 2.35. The average molecular weight is 478 g/mol. The fraction of sp³-hybridized carbons (Fsp3) is 0.200. The molecule has 3 heterocycles. The Morgan fingerprint density at radius 1 is 1.06 bits per heavy atom. The monoisotopic (exact) mass is 478 g/mol. The Morgan fingerprint density at radius 3 is 2.57 bits per heavy atom. The summed E-state index contributed by atoms with van der Waals surface area (Å²) in [4.78, 5) is 17.2. The number of nitrogens with zero attached hydrogens (tertiary/aromatic N) is 5. The number of carbonyl (C=O) groups is 1. The summed E-state index contributed by atoms with van der Waals surface area (Å²) in [5.41, 5.74) is 0.208. The lowest BCUT2D eigenvalue weighted by molar-refractivity contribution is -0.142. The van der Waals surface area contributed by atoms with E-state index in [1.165, 1.54) is 6.07 Å². The van der Waals surface area contributed by atoms with E-state index in [-0.39, 0.29) is 17.0 Å². The molecule has 0 spiro atoms. The number of rotatable bonds is 5. The summed E-state index contributed by atoms with van der Waals surface area (Å²) in [5.74, 6) is -0.604. The Morgan fingerprint density at radius 2 is 1.83 bits per heavy atom. The highest BCUT2D eigenvalue weighted by Crippen LogP contribution is 2.33. The molecule has 0 radical (unpaired) electrons. The zero-order chi connectivity index (χ0) is 24.7. The summed E-state index contributed by atoms with van der Waals surface area (Å²) in [6.45, 7) is 4.31. The number of halogens is 3. The number of carbonyl (C=O) groups excluding carboxylic acids is 1. The zero-order valence-electron chi connectivity index (χ0n) is 18.9. The van der Waals surface area contributed by atoms with Crippen LogP contribution in [0.25, 0.3) is 27.7 Å². The van der Waals surface area contributed by atoms with Gasteiger partial charge in [-0.25, -0.2) is 9.50 Å². The van der Waals surface area contributed by atoms with Crippen molar-refractivity contribution >= 4 is 22.3 Å². The number of benzene rings is 2. The van der Waals surface area contributed by atoms with Crippen molar-refractivity contribution in [3.63, 3.8) is 0 Å². The van der Waals surface area contributed by atoms with Gasteiger partial charge in [0.15, 0.2) is 17.0 Å². The van der Waals surface area contributed by atoms with Crippen LogP contribution in [0.2, 0.25) is 0 Å². The van der Waals surface area contributed by atoms with Crippen molar-refractivity contribution in [1.82, 2.24) is 29.7 Å². The van der Waals surface area contributed by atoms with Gasteiger partial charge in [0.05, 0.1) is 17.4 Å². The first-order valence-corrected chi connectivity index (χ1v) is 11.0. The number of aryl methyl sites for hydroxylation is 1. The third-order valence-electron chi connectivity index (χ3n) is 5.84. The molecule has 1 unspecified atom stereocenters. The van der Waals surface area contributed by atoms with Crippen LogP contribution in [0.4, 0.5) is 13.2 Å². The van der Waals surface area contributed by atoms with Crippen LogP contribution in [0.1, 0.15) is 41.8 Å². The second-order valence-electron chi connectivity index (χ2n) is 8.15. The van der Waals surface area contributed by atoms with Crippen LogP contribution in [0.5, 0.6) is 0 Å². The van der Waals surface area contributed by atoms with Gasteiger partial charge in [-0.15, -0.1) is 0 Å². The van der Waals surface area contributed by atoms with E-state index >= 15 is 0 Å². The molecule has 0 aliphatic heterocycles. The fourth-order valence-corrected chi connectivity index (χ4v) is 4.10. The van der Waals surface area contributed by atoms with E-state index in [0.717, 1.165) is 22.5 Å². The molecule has 35 heavy (non-hydrogen) atoms. The molecule has 1 atom stereocenters. The van der Waals surface area contributed by atoms with Gasteiger partial charge < -0.3 is 5.32 Å². The van der Waals surface area contributed by atoms with Crippen LogP contribution in [-0.2, 0) is 12.7 Å². The van der Waals surface area contributed by atoms with Crippen molar-refractivity contribution in [3.8, 4) is 11.3 Å². The van der Waals surface area contributed by atoms with Crippen molar-refractivity contribution in [2.45, 2.75) is 32.6 Å².